The summed E-state index contributed by atoms with van der Waals surface area (Å²) in [5.74, 6) is 0.266. The molecule has 2 aromatic carbocycles. The van der Waals surface area contributed by atoms with Crippen LogP contribution in [0.1, 0.15) is 55.8 Å². The summed E-state index contributed by atoms with van der Waals surface area (Å²) in [6, 6.07) is 14.6. The summed E-state index contributed by atoms with van der Waals surface area (Å²) in [6.07, 6.45) is 1.56. The molecule has 0 bridgehead atoms. The molecule has 0 N–H and O–H groups in total. The Labute approximate surface area is 202 Å². The third kappa shape index (κ3) is 3.75. The fourth-order valence-corrected chi connectivity index (χ4v) is 4.38. The summed E-state index contributed by atoms with van der Waals surface area (Å²) in [7, 11) is 0. The number of aryl methyl sites for hydroxylation is 1. The van der Waals surface area contributed by atoms with Crippen LogP contribution < -0.4 is 5.56 Å². The molecule has 0 spiro atoms. The van der Waals surface area contributed by atoms with Crippen LogP contribution >= 0.6 is 0 Å². The number of para-hydroxylation sites is 2. The number of esters is 1. The van der Waals surface area contributed by atoms with E-state index in [0.29, 0.717) is 45.7 Å². The fourth-order valence-electron chi connectivity index (χ4n) is 4.38. The largest absolute Gasteiger partial charge is 0.462 e. The molecule has 1 atom stereocenters. The fraction of sp³-hybridized carbons (Fsp3) is 0.296. The van der Waals surface area contributed by atoms with E-state index in [2.05, 4.69) is 0 Å². The van der Waals surface area contributed by atoms with Crippen LogP contribution in [0.3, 0.4) is 0 Å². The van der Waals surface area contributed by atoms with Gasteiger partial charge in [-0.25, -0.2) is 19.7 Å². The van der Waals surface area contributed by atoms with Crippen LogP contribution in [0.2, 0.25) is 0 Å². The maximum atomic E-state index is 13.8. The Kier molecular flexibility index (Phi) is 5.80. The molecule has 0 aliphatic carbocycles. The predicted molar refractivity (Wildman–Crippen MR) is 136 cm³/mol. The molecule has 0 fully saturated rings. The van der Waals surface area contributed by atoms with E-state index in [1.54, 1.807) is 16.7 Å². The number of fused-ring (bicyclic) bond motifs is 4. The molecular weight excluding hydrogens is 442 g/mol. The first-order valence-corrected chi connectivity index (χ1v) is 11.9. The van der Waals surface area contributed by atoms with Gasteiger partial charge in [-0.15, -0.1) is 0 Å². The van der Waals surface area contributed by atoms with Gasteiger partial charge in [0, 0.05) is 11.7 Å². The van der Waals surface area contributed by atoms with Crippen LogP contribution in [0.5, 0.6) is 0 Å². The predicted octanol–water partition coefficient (Wildman–Crippen LogP) is 5.13. The number of rotatable bonds is 6. The van der Waals surface area contributed by atoms with Crippen molar-refractivity contribution in [2.45, 2.75) is 46.6 Å². The molecule has 8 nitrogen and oxygen atoms in total. The highest BCUT2D eigenvalue weighted by Gasteiger charge is 2.23. The highest BCUT2D eigenvalue weighted by atomic mass is 16.5. The number of aromatic nitrogens is 5. The molecule has 0 aliphatic heterocycles. The molecular formula is C27H27N5O3. The average Bonchev–Trinajstić information content (AvgIpc) is 3.18. The zero-order chi connectivity index (χ0) is 24.7. The van der Waals surface area contributed by atoms with Crippen molar-refractivity contribution in [3.63, 3.8) is 0 Å². The van der Waals surface area contributed by atoms with Crippen LogP contribution in [0.15, 0.2) is 53.3 Å². The van der Waals surface area contributed by atoms with Crippen molar-refractivity contribution in [2.24, 2.45) is 0 Å². The number of hydrogen-bond acceptors (Lipinski definition) is 6. The topological polar surface area (TPSA) is 91.9 Å². The quantitative estimate of drug-likeness (QED) is 0.320. The summed E-state index contributed by atoms with van der Waals surface area (Å²) in [5.41, 5.74) is 4.06. The molecule has 5 aromatic rings. The van der Waals surface area contributed by atoms with E-state index in [0.717, 1.165) is 24.0 Å². The Hall–Kier alpha value is -4.07. The van der Waals surface area contributed by atoms with Crippen molar-refractivity contribution < 1.29 is 9.53 Å². The monoisotopic (exact) mass is 469 g/mol. The van der Waals surface area contributed by atoms with Crippen LogP contribution in [0.25, 0.3) is 38.9 Å². The number of carbonyl (C=O) groups excluding carboxylic acids is 1. The standard InChI is InChI=1S/C27H27N5O3/c1-5-15-35-27(34)18-11-13-19(14-12-18)32-24-22(26(33)31(16(3)6-2)17(4)28-24)23-25(32)30-21-10-8-7-9-20(21)29-23/h7-14,16H,5-6,15H2,1-4H3/t16-/m0/s1. The van der Waals surface area contributed by atoms with Crippen molar-refractivity contribution >= 4 is 39.2 Å². The molecule has 0 saturated heterocycles. The lowest BCUT2D eigenvalue weighted by Gasteiger charge is -2.16. The van der Waals surface area contributed by atoms with Gasteiger partial charge >= 0.3 is 5.97 Å². The number of nitrogens with zero attached hydrogens (tertiary/aromatic N) is 5. The molecule has 178 valence electrons. The number of hydrogen-bond donors (Lipinski definition) is 0. The lowest BCUT2D eigenvalue weighted by atomic mass is 10.2. The van der Waals surface area contributed by atoms with Crippen molar-refractivity contribution in [1.29, 1.82) is 0 Å². The number of carbonyl (C=O) groups is 1. The normalized spacial score (nSPS) is 12.5. The first-order chi connectivity index (χ1) is 16.9. The molecule has 5 rings (SSSR count). The Balaban J connectivity index is 1.81. The molecule has 0 radical (unpaired) electrons. The second-order valence-electron chi connectivity index (χ2n) is 8.69. The molecule has 35 heavy (non-hydrogen) atoms. The van der Waals surface area contributed by atoms with E-state index in [4.69, 9.17) is 19.7 Å². The van der Waals surface area contributed by atoms with E-state index in [1.807, 2.05) is 68.7 Å². The van der Waals surface area contributed by atoms with E-state index in [-0.39, 0.29) is 17.6 Å². The first kappa shape index (κ1) is 22.7. The van der Waals surface area contributed by atoms with Crippen molar-refractivity contribution in [3.05, 3.63) is 70.3 Å². The molecule has 3 aromatic heterocycles. The van der Waals surface area contributed by atoms with Crippen LogP contribution in [-0.4, -0.2) is 36.7 Å². The van der Waals surface area contributed by atoms with Gasteiger partial charge in [0.2, 0.25) is 0 Å². The molecule has 3 heterocycles. The van der Waals surface area contributed by atoms with Crippen molar-refractivity contribution in [1.82, 2.24) is 24.1 Å². The maximum absolute atomic E-state index is 13.8. The highest BCUT2D eigenvalue weighted by molar-refractivity contribution is 6.06. The second kappa shape index (κ2) is 8.94. The summed E-state index contributed by atoms with van der Waals surface area (Å²) >= 11 is 0. The first-order valence-electron chi connectivity index (χ1n) is 11.9. The minimum Gasteiger partial charge on any atom is -0.462 e. The van der Waals surface area contributed by atoms with Gasteiger partial charge in [-0.3, -0.25) is 13.9 Å². The Bertz CT molecular complexity index is 1630. The van der Waals surface area contributed by atoms with Gasteiger partial charge in [-0.05, 0) is 63.1 Å². The Morgan fingerprint density at radius 3 is 2.31 bits per heavy atom. The van der Waals surface area contributed by atoms with Gasteiger partial charge in [0.25, 0.3) is 5.56 Å². The maximum Gasteiger partial charge on any atom is 0.338 e. The lowest BCUT2D eigenvalue weighted by molar-refractivity contribution is 0.0505. The smallest absolute Gasteiger partial charge is 0.338 e. The Morgan fingerprint density at radius 1 is 0.971 bits per heavy atom. The van der Waals surface area contributed by atoms with E-state index in [1.165, 1.54) is 0 Å². The van der Waals surface area contributed by atoms with Gasteiger partial charge in [0.15, 0.2) is 11.3 Å². The number of ether oxygens (including phenoxy) is 1. The van der Waals surface area contributed by atoms with Gasteiger partial charge < -0.3 is 4.74 Å². The zero-order valence-corrected chi connectivity index (χ0v) is 20.3. The summed E-state index contributed by atoms with van der Waals surface area (Å²) < 4.78 is 8.83. The Morgan fingerprint density at radius 2 is 1.66 bits per heavy atom. The minimum absolute atomic E-state index is 0.000341. The lowest BCUT2D eigenvalue weighted by Crippen LogP contribution is -2.26. The van der Waals surface area contributed by atoms with E-state index in [9.17, 15) is 9.59 Å². The molecule has 0 amide bonds. The summed E-state index contributed by atoms with van der Waals surface area (Å²) in [6.45, 7) is 8.23. The summed E-state index contributed by atoms with van der Waals surface area (Å²) in [5, 5.41) is 0.440. The molecule has 0 aliphatic rings. The zero-order valence-electron chi connectivity index (χ0n) is 20.3. The van der Waals surface area contributed by atoms with E-state index < -0.39 is 0 Å². The van der Waals surface area contributed by atoms with Crippen LogP contribution in [0, 0.1) is 6.92 Å². The SMILES string of the molecule is CCCOC(=O)c1ccc(-n2c3nc4ccccc4nc3c3c(=O)n([C@@H](C)CC)c(C)nc32)cc1. The van der Waals surface area contributed by atoms with Crippen molar-refractivity contribution in [3.8, 4) is 5.69 Å². The van der Waals surface area contributed by atoms with E-state index >= 15 is 0 Å². The van der Waals surface area contributed by atoms with Crippen molar-refractivity contribution in [2.75, 3.05) is 6.61 Å². The second-order valence-corrected chi connectivity index (χ2v) is 8.69. The highest BCUT2D eigenvalue weighted by Crippen LogP contribution is 2.29. The molecule has 8 heteroatoms. The minimum atomic E-state index is -0.364. The van der Waals surface area contributed by atoms with Gasteiger partial charge in [-0.1, -0.05) is 26.0 Å². The van der Waals surface area contributed by atoms with Crippen LogP contribution in [-0.2, 0) is 4.74 Å². The van der Waals surface area contributed by atoms with Gasteiger partial charge in [0.1, 0.15) is 16.7 Å². The average molecular weight is 470 g/mol. The van der Waals surface area contributed by atoms with Gasteiger partial charge in [-0.2, -0.15) is 0 Å². The van der Waals surface area contributed by atoms with Crippen LogP contribution in [0.4, 0.5) is 0 Å². The van der Waals surface area contributed by atoms with Gasteiger partial charge in [0.05, 0.1) is 23.2 Å². The third-order valence-electron chi connectivity index (χ3n) is 6.32. The molecule has 0 saturated carbocycles. The molecule has 0 unspecified atom stereocenters. The summed E-state index contributed by atoms with van der Waals surface area (Å²) in [4.78, 5) is 40.6. The third-order valence-corrected chi connectivity index (χ3v) is 6.32. The number of benzene rings is 2.